The van der Waals surface area contributed by atoms with Crippen molar-refractivity contribution in [1.82, 2.24) is 10.3 Å². The molecule has 5 heteroatoms. The first-order valence-corrected chi connectivity index (χ1v) is 5.72. The van der Waals surface area contributed by atoms with Crippen LogP contribution < -0.4 is 10.2 Å². The van der Waals surface area contributed by atoms with Crippen LogP contribution in [0, 0.1) is 0 Å². The van der Waals surface area contributed by atoms with Gasteiger partial charge in [-0.2, -0.15) is 0 Å². The van der Waals surface area contributed by atoms with Crippen LogP contribution in [0.3, 0.4) is 0 Å². The molecule has 1 N–H and O–H groups in total. The Morgan fingerprint density at radius 1 is 1.47 bits per heavy atom. The fourth-order valence-electron chi connectivity index (χ4n) is 1.69. The van der Waals surface area contributed by atoms with Gasteiger partial charge in [-0.15, -0.1) is 0 Å². The molecule has 3 nitrogen and oxygen atoms in total. The summed E-state index contributed by atoms with van der Waals surface area (Å²) >= 11 is 12.6. The second kappa shape index (κ2) is 4.56. The van der Waals surface area contributed by atoms with E-state index in [1.54, 1.807) is 12.4 Å². The van der Waals surface area contributed by atoms with Crippen molar-refractivity contribution < 1.29 is 0 Å². The molecule has 0 spiro atoms. The zero-order valence-corrected chi connectivity index (χ0v) is 9.80. The fourth-order valence-corrected chi connectivity index (χ4v) is 2.24. The third kappa shape index (κ3) is 2.54. The molecule has 2 rings (SSSR count). The fraction of sp³-hybridized carbons (Fsp3) is 0.500. The maximum atomic E-state index is 6.28. The highest BCUT2D eigenvalue weighted by atomic mass is 35.5. The minimum atomic E-state index is -0.889. The number of hydrogen-bond donors (Lipinski definition) is 1. The number of pyridine rings is 1. The number of hydrogen-bond acceptors (Lipinski definition) is 3. The van der Waals surface area contributed by atoms with Gasteiger partial charge in [0.2, 0.25) is 4.46 Å². The minimum absolute atomic E-state index is 0.561. The van der Waals surface area contributed by atoms with E-state index in [4.69, 9.17) is 23.2 Å². The molecule has 1 aromatic rings. The average Bonchev–Trinajstić information content (AvgIpc) is 2.40. The van der Waals surface area contributed by atoms with Crippen molar-refractivity contribution in [3.63, 3.8) is 0 Å². The Hall–Kier alpha value is -0.510. The van der Waals surface area contributed by atoms with Crippen molar-refractivity contribution >= 4 is 28.9 Å². The minimum Gasteiger partial charge on any atom is -0.338 e. The molecule has 0 aliphatic carbocycles. The molecule has 0 amide bonds. The summed E-state index contributed by atoms with van der Waals surface area (Å²) in [5.74, 6) is 0. The predicted molar refractivity (Wildman–Crippen MR) is 63.5 cm³/mol. The Morgan fingerprint density at radius 3 is 3.07 bits per heavy atom. The normalized spacial score (nSPS) is 21.1. The predicted octanol–water partition coefficient (Wildman–Crippen LogP) is 2.01. The number of alkyl halides is 2. The lowest BCUT2D eigenvalue weighted by Gasteiger charge is -2.33. The van der Waals surface area contributed by atoms with Crippen molar-refractivity contribution in [3.05, 3.63) is 24.5 Å². The van der Waals surface area contributed by atoms with Gasteiger partial charge in [-0.25, -0.2) is 0 Å². The lowest BCUT2D eigenvalue weighted by Crippen LogP contribution is -2.44. The molecule has 0 bridgehead atoms. The van der Waals surface area contributed by atoms with Crippen LogP contribution in [0.5, 0.6) is 0 Å². The van der Waals surface area contributed by atoms with Gasteiger partial charge in [0.25, 0.3) is 0 Å². The zero-order chi connectivity index (χ0) is 10.7. The molecular weight excluding hydrogens is 233 g/mol. The number of anilines is 1. The number of aromatic nitrogens is 1. The second-order valence-electron chi connectivity index (χ2n) is 3.56. The van der Waals surface area contributed by atoms with E-state index < -0.39 is 4.46 Å². The lowest BCUT2D eigenvalue weighted by molar-refractivity contribution is 0.670. The van der Waals surface area contributed by atoms with Gasteiger partial charge >= 0.3 is 0 Å². The van der Waals surface area contributed by atoms with Crippen molar-refractivity contribution in [2.45, 2.75) is 10.9 Å². The van der Waals surface area contributed by atoms with Crippen LogP contribution in [-0.2, 0) is 0 Å². The molecule has 82 valence electrons. The van der Waals surface area contributed by atoms with Crippen LogP contribution in [0.2, 0.25) is 0 Å². The molecule has 1 fully saturated rings. The molecular formula is C10H13Cl2N3. The van der Waals surface area contributed by atoms with Crippen LogP contribution in [0.15, 0.2) is 24.5 Å². The number of nitrogens with zero attached hydrogens (tertiary/aromatic N) is 2. The largest absolute Gasteiger partial charge is 0.338 e. The van der Waals surface area contributed by atoms with Crippen LogP contribution in [0.4, 0.5) is 5.69 Å². The Morgan fingerprint density at radius 2 is 2.33 bits per heavy atom. The summed E-state index contributed by atoms with van der Waals surface area (Å²) in [6, 6.07) is 3.86. The van der Waals surface area contributed by atoms with Crippen molar-refractivity contribution in [3.8, 4) is 0 Å². The SMILES string of the molecule is ClC1(Cl)CNCCCN1c1cccnc1. The average molecular weight is 246 g/mol. The molecule has 1 aliphatic heterocycles. The molecule has 0 radical (unpaired) electrons. The monoisotopic (exact) mass is 245 g/mol. The third-order valence-corrected chi connectivity index (χ3v) is 3.10. The van der Waals surface area contributed by atoms with E-state index >= 15 is 0 Å². The van der Waals surface area contributed by atoms with Gasteiger partial charge in [0.15, 0.2) is 0 Å². The first-order chi connectivity index (χ1) is 7.20. The summed E-state index contributed by atoms with van der Waals surface area (Å²) in [6.45, 7) is 2.34. The standard InChI is InChI=1S/C10H13Cl2N3/c11-10(12)8-14-5-2-6-15(10)9-3-1-4-13-7-9/h1,3-4,7,14H,2,5-6,8H2. The van der Waals surface area contributed by atoms with E-state index in [2.05, 4.69) is 10.3 Å². The van der Waals surface area contributed by atoms with Crippen LogP contribution in [-0.4, -0.2) is 29.1 Å². The van der Waals surface area contributed by atoms with E-state index in [0.717, 1.165) is 25.2 Å². The number of halogens is 2. The maximum Gasteiger partial charge on any atom is 0.203 e. The summed E-state index contributed by atoms with van der Waals surface area (Å²) in [5.41, 5.74) is 0.964. The van der Waals surface area contributed by atoms with Gasteiger partial charge in [-0.05, 0) is 25.1 Å². The zero-order valence-electron chi connectivity index (χ0n) is 8.29. The summed E-state index contributed by atoms with van der Waals surface area (Å²) < 4.78 is -0.889. The third-order valence-electron chi connectivity index (χ3n) is 2.43. The smallest absolute Gasteiger partial charge is 0.203 e. The van der Waals surface area contributed by atoms with E-state index in [0.29, 0.717) is 6.54 Å². The highest BCUT2D eigenvalue weighted by Gasteiger charge is 2.33. The van der Waals surface area contributed by atoms with Crippen molar-refractivity contribution in [2.75, 3.05) is 24.5 Å². The van der Waals surface area contributed by atoms with Crippen LogP contribution >= 0.6 is 23.2 Å². The van der Waals surface area contributed by atoms with Gasteiger partial charge in [-0.1, -0.05) is 23.2 Å². The number of nitrogens with one attached hydrogen (secondary N) is 1. The molecule has 1 aromatic heterocycles. The van der Waals surface area contributed by atoms with Gasteiger partial charge in [0.05, 0.1) is 11.9 Å². The van der Waals surface area contributed by atoms with Crippen molar-refractivity contribution in [2.24, 2.45) is 0 Å². The van der Waals surface area contributed by atoms with Crippen molar-refractivity contribution in [1.29, 1.82) is 0 Å². The molecule has 2 heterocycles. The summed E-state index contributed by atoms with van der Waals surface area (Å²) in [5, 5.41) is 3.21. The molecule has 0 saturated carbocycles. The maximum absolute atomic E-state index is 6.28. The lowest BCUT2D eigenvalue weighted by atomic mass is 10.3. The Bertz CT molecular complexity index is 316. The quantitative estimate of drug-likeness (QED) is 0.607. The molecule has 1 saturated heterocycles. The van der Waals surface area contributed by atoms with Crippen LogP contribution in [0.1, 0.15) is 6.42 Å². The van der Waals surface area contributed by atoms with Gasteiger partial charge in [0.1, 0.15) is 0 Å². The highest BCUT2D eigenvalue weighted by molar-refractivity contribution is 6.49. The van der Waals surface area contributed by atoms with E-state index in [9.17, 15) is 0 Å². The molecule has 1 aliphatic rings. The number of rotatable bonds is 1. The first kappa shape index (κ1) is 11.0. The van der Waals surface area contributed by atoms with E-state index in [-0.39, 0.29) is 0 Å². The molecule has 0 atom stereocenters. The summed E-state index contributed by atoms with van der Waals surface area (Å²) in [4.78, 5) is 6.05. The van der Waals surface area contributed by atoms with Crippen LogP contribution in [0.25, 0.3) is 0 Å². The molecule has 0 unspecified atom stereocenters. The molecule has 15 heavy (non-hydrogen) atoms. The highest BCUT2D eigenvalue weighted by Crippen LogP contribution is 2.31. The second-order valence-corrected chi connectivity index (χ2v) is 5.00. The topological polar surface area (TPSA) is 28.2 Å². The molecule has 0 aromatic carbocycles. The van der Waals surface area contributed by atoms with Gasteiger partial charge in [0, 0.05) is 19.3 Å². The van der Waals surface area contributed by atoms with Gasteiger partial charge < -0.3 is 10.2 Å². The Balaban J connectivity index is 2.25. The van der Waals surface area contributed by atoms with E-state index in [1.807, 2.05) is 17.0 Å². The van der Waals surface area contributed by atoms with Gasteiger partial charge in [-0.3, -0.25) is 4.98 Å². The summed E-state index contributed by atoms with van der Waals surface area (Å²) in [7, 11) is 0. The Labute approximate surface area is 99.4 Å². The summed E-state index contributed by atoms with van der Waals surface area (Å²) in [6.07, 6.45) is 4.55. The van der Waals surface area contributed by atoms with E-state index in [1.165, 1.54) is 0 Å². The Kier molecular flexibility index (Phi) is 3.34. The first-order valence-electron chi connectivity index (χ1n) is 4.96.